The highest BCUT2D eigenvalue weighted by atomic mass is 32.1. The number of ether oxygens (including phenoxy) is 1. The zero-order valence-corrected chi connectivity index (χ0v) is 14.8. The molecule has 1 aliphatic heterocycles. The minimum Gasteiger partial charge on any atom is -0.488 e. The molecule has 5 heteroatoms. The number of thiophene rings is 1. The average molecular weight is 344 g/mol. The van der Waals surface area contributed by atoms with Gasteiger partial charge in [0.05, 0.1) is 0 Å². The molecule has 1 saturated heterocycles. The molecule has 2 N–H and O–H groups in total. The van der Waals surface area contributed by atoms with Crippen LogP contribution >= 0.6 is 11.3 Å². The van der Waals surface area contributed by atoms with Gasteiger partial charge in [0.2, 0.25) is 0 Å². The van der Waals surface area contributed by atoms with Crippen LogP contribution in [0.1, 0.15) is 35.0 Å². The highest BCUT2D eigenvalue weighted by Gasteiger charge is 2.27. The second kappa shape index (κ2) is 7.81. The van der Waals surface area contributed by atoms with Crippen LogP contribution in [0.5, 0.6) is 5.75 Å². The number of amides is 1. The van der Waals surface area contributed by atoms with Gasteiger partial charge in [-0.2, -0.15) is 0 Å². The number of carbonyl (C=O) groups is 1. The van der Waals surface area contributed by atoms with Crippen molar-refractivity contribution in [1.82, 2.24) is 10.6 Å². The summed E-state index contributed by atoms with van der Waals surface area (Å²) in [6, 6.07) is 11.4. The number of rotatable bonds is 6. The number of hydrogen-bond acceptors (Lipinski definition) is 4. The van der Waals surface area contributed by atoms with Crippen molar-refractivity contribution in [1.29, 1.82) is 0 Å². The lowest BCUT2D eigenvalue weighted by Crippen LogP contribution is -2.42. The highest BCUT2D eigenvalue weighted by molar-refractivity contribution is 7.09. The summed E-state index contributed by atoms with van der Waals surface area (Å²) >= 11 is 1.67. The molecule has 0 spiro atoms. The van der Waals surface area contributed by atoms with E-state index in [1.165, 1.54) is 4.88 Å². The highest BCUT2D eigenvalue weighted by Crippen LogP contribution is 2.27. The number of hydrogen-bond donors (Lipinski definition) is 2. The van der Waals surface area contributed by atoms with E-state index in [-0.39, 0.29) is 11.3 Å². The van der Waals surface area contributed by atoms with E-state index in [9.17, 15) is 4.79 Å². The van der Waals surface area contributed by atoms with Crippen LogP contribution in [-0.4, -0.2) is 25.5 Å². The minimum absolute atomic E-state index is 0.0312. The van der Waals surface area contributed by atoms with Crippen LogP contribution in [0.4, 0.5) is 0 Å². The Balaban J connectivity index is 1.55. The van der Waals surface area contributed by atoms with Crippen molar-refractivity contribution in [2.75, 3.05) is 19.6 Å². The Bertz CT molecular complexity index is 664. The van der Waals surface area contributed by atoms with Crippen molar-refractivity contribution >= 4 is 17.2 Å². The molecule has 2 aromatic rings. The molecule has 0 saturated carbocycles. The minimum atomic E-state index is -0.0312. The predicted molar refractivity (Wildman–Crippen MR) is 97.6 cm³/mol. The Kier molecular flexibility index (Phi) is 5.53. The van der Waals surface area contributed by atoms with Crippen molar-refractivity contribution in [3.63, 3.8) is 0 Å². The second-order valence-electron chi connectivity index (χ2n) is 6.64. The van der Waals surface area contributed by atoms with E-state index in [2.05, 4.69) is 17.6 Å². The van der Waals surface area contributed by atoms with Gasteiger partial charge in [-0.1, -0.05) is 19.1 Å². The summed E-state index contributed by atoms with van der Waals surface area (Å²) in [6.07, 6.45) is 2.19. The van der Waals surface area contributed by atoms with Crippen LogP contribution in [0, 0.1) is 5.41 Å². The van der Waals surface area contributed by atoms with Gasteiger partial charge in [0.25, 0.3) is 5.91 Å². The average Bonchev–Trinajstić information content (AvgIpc) is 3.12. The molecule has 3 rings (SSSR count). The maximum atomic E-state index is 12.4. The fraction of sp³-hybridized carbons (Fsp3) is 0.421. The van der Waals surface area contributed by atoms with Crippen LogP contribution in [-0.2, 0) is 6.61 Å². The summed E-state index contributed by atoms with van der Waals surface area (Å²) in [5.74, 6) is 0.695. The first-order chi connectivity index (χ1) is 11.6. The first-order valence-electron chi connectivity index (χ1n) is 8.39. The molecule has 2 heterocycles. The lowest BCUT2D eigenvalue weighted by atomic mass is 9.81. The molecule has 1 aromatic carbocycles. The maximum Gasteiger partial charge on any atom is 0.251 e. The van der Waals surface area contributed by atoms with Crippen LogP contribution in [0.3, 0.4) is 0 Å². The molecule has 1 aliphatic rings. The van der Waals surface area contributed by atoms with E-state index >= 15 is 0 Å². The van der Waals surface area contributed by atoms with Gasteiger partial charge in [-0.3, -0.25) is 4.79 Å². The fourth-order valence-electron chi connectivity index (χ4n) is 2.88. The number of piperidine rings is 1. The second-order valence-corrected chi connectivity index (χ2v) is 7.67. The smallest absolute Gasteiger partial charge is 0.251 e. The Hall–Kier alpha value is -1.85. The quantitative estimate of drug-likeness (QED) is 0.844. The van der Waals surface area contributed by atoms with Crippen LogP contribution < -0.4 is 15.4 Å². The summed E-state index contributed by atoms with van der Waals surface area (Å²) in [5.41, 5.74) is 0.838. The van der Waals surface area contributed by atoms with Gasteiger partial charge in [-0.05, 0) is 61.0 Å². The molecule has 0 radical (unpaired) electrons. The molecule has 1 amide bonds. The van der Waals surface area contributed by atoms with Gasteiger partial charge in [0.1, 0.15) is 12.4 Å². The standard InChI is InChI=1S/C19H24N2O2S/c1-19(7-9-20-10-8-19)14-21-18(22)15-4-2-5-16(12-15)23-13-17-6-3-11-24-17/h2-6,11-12,20H,7-10,13-14H2,1H3,(H,21,22). The fourth-order valence-corrected chi connectivity index (χ4v) is 3.50. The van der Waals surface area contributed by atoms with Gasteiger partial charge in [0.15, 0.2) is 0 Å². The molecule has 0 unspecified atom stereocenters. The van der Waals surface area contributed by atoms with E-state index in [1.807, 2.05) is 41.8 Å². The summed E-state index contributed by atoms with van der Waals surface area (Å²) in [7, 11) is 0. The van der Waals surface area contributed by atoms with Crippen LogP contribution in [0.25, 0.3) is 0 Å². The Morgan fingerprint density at radius 1 is 1.29 bits per heavy atom. The number of benzene rings is 1. The molecule has 0 atom stereocenters. The zero-order chi connectivity index (χ0) is 16.8. The number of carbonyl (C=O) groups excluding carboxylic acids is 1. The third-order valence-electron chi connectivity index (χ3n) is 4.54. The van der Waals surface area contributed by atoms with E-state index in [4.69, 9.17) is 4.74 Å². The summed E-state index contributed by atoms with van der Waals surface area (Å²) in [4.78, 5) is 13.6. The molecule has 0 bridgehead atoms. The zero-order valence-electron chi connectivity index (χ0n) is 14.0. The Morgan fingerprint density at radius 3 is 2.88 bits per heavy atom. The summed E-state index contributed by atoms with van der Waals surface area (Å²) in [5, 5.41) is 8.48. The monoisotopic (exact) mass is 344 g/mol. The van der Waals surface area contributed by atoms with Crippen molar-refractivity contribution in [3.05, 3.63) is 52.2 Å². The first kappa shape index (κ1) is 17.0. The van der Waals surface area contributed by atoms with Gasteiger partial charge >= 0.3 is 0 Å². The van der Waals surface area contributed by atoms with Gasteiger partial charge in [-0.25, -0.2) is 0 Å². The van der Waals surface area contributed by atoms with Gasteiger partial charge in [0, 0.05) is 17.0 Å². The van der Waals surface area contributed by atoms with Gasteiger partial charge < -0.3 is 15.4 Å². The van der Waals surface area contributed by atoms with Crippen molar-refractivity contribution < 1.29 is 9.53 Å². The maximum absolute atomic E-state index is 12.4. The van der Waals surface area contributed by atoms with Crippen LogP contribution in [0.2, 0.25) is 0 Å². The first-order valence-corrected chi connectivity index (χ1v) is 9.27. The molecule has 128 valence electrons. The predicted octanol–water partition coefficient (Wildman–Crippen LogP) is 3.45. The van der Waals surface area contributed by atoms with E-state index in [0.29, 0.717) is 18.7 Å². The summed E-state index contributed by atoms with van der Waals surface area (Å²) in [6.45, 7) is 5.55. The van der Waals surface area contributed by atoms with Crippen molar-refractivity contribution in [3.8, 4) is 5.75 Å². The van der Waals surface area contributed by atoms with Crippen LogP contribution in [0.15, 0.2) is 41.8 Å². The third-order valence-corrected chi connectivity index (χ3v) is 5.39. The topological polar surface area (TPSA) is 50.4 Å². The molecule has 4 nitrogen and oxygen atoms in total. The summed E-state index contributed by atoms with van der Waals surface area (Å²) < 4.78 is 5.78. The van der Waals surface area contributed by atoms with E-state index < -0.39 is 0 Å². The molecular formula is C19H24N2O2S. The molecule has 1 fully saturated rings. The third kappa shape index (κ3) is 4.58. The molecule has 24 heavy (non-hydrogen) atoms. The molecule has 0 aliphatic carbocycles. The van der Waals surface area contributed by atoms with E-state index in [1.54, 1.807) is 11.3 Å². The lowest BCUT2D eigenvalue weighted by Gasteiger charge is -2.34. The van der Waals surface area contributed by atoms with Gasteiger partial charge in [-0.15, -0.1) is 11.3 Å². The Morgan fingerprint density at radius 2 is 2.12 bits per heavy atom. The SMILES string of the molecule is CC1(CNC(=O)c2cccc(OCc3cccs3)c2)CCNCC1. The van der Waals surface area contributed by atoms with Crippen molar-refractivity contribution in [2.45, 2.75) is 26.4 Å². The normalized spacial score (nSPS) is 16.5. The molecular weight excluding hydrogens is 320 g/mol. The lowest BCUT2D eigenvalue weighted by molar-refractivity contribution is 0.0922. The number of nitrogens with one attached hydrogen (secondary N) is 2. The molecule has 1 aromatic heterocycles. The van der Waals surface area contributed by atoms with Crippen molar-refractivity contribution in [2.24, 2.45) is 5.41 Å². The largest absolute Gasteiger partial charge is 0.488 e. The van der Waals surface area contributed by atoms with E-state index in [0.717, 1.165) is 31.7 Å². The Labute approximate surface area is 147 Å².